The molecule has 1 aromatic carbocycles. The zero-order chi connectivity index (χ0) is 21.7. The smallest absolute Gasteiger partial charge is 0.367 e. The van der Waals surface area contributed by atoms with E-state index in [9.17, 15) is 26.7 Å². The number of aromatic nitrogens is 2. The van der Waals surface area contributed by atoms with Crippen molar-refractivity contribution in [1.82, 2.24) is 15.3 Å². The van der Waals surface area contributed by atoms with Crippen LogP contribution in [0.1, 0.15) is 31.7 Å². The molecule has 1 amide bonds. The number of fused-ring (bicyclic) bond motifs is 1. The van der Waals surface area contributed by atoms with Crippen molar-refractivity contribution in [2.75, 3.05) is 18.0 Å². The van der Waals surface area contributed by atoms with Crippen LogP contribution in [-0.2, 0) is 11.0 Å². The molecule has 0 bridgehead atoms. The van der Waals surface area contributed by atoms with E-state index < -0.39 is 29.5 Å². The Balaban J connectivity index is 1.55. The fourth-order valence-corrected chi connectivity index (χ4v) is 4.18. The summed E-state index contributed by atoms with van der Waals surface area (Å²) >= 11 is 0. The number of nitrogens with zero attached hydrogens (tertiary/aromatic N) is 3. The second-order valence-electron chi connectivity index (χ2n) is 8.26. The normalized spacial score (nSPS) is 25.9. The first-order valence-electron chi connectivity index (χ1n) is 9.77. The van der Waals surface area contributed by atoms with Crippen LogP contribution >= 0.6 is 0 Å². The van der Waals surface area contributed by atoms with E-state index in [0.29, 0.717) is 25.2 Å². The number of rotatable bonds is 4. The molecule has 2 aromatic rings. The van der Waals surface area contributed by atoms with Crippen LogP contribution in [0.25, 0.3) is 11.0 Å². The highest BCUT2D eigenvalue weighted by atomic mass is 19.4. The summed E-state index contributed by atoms with van der Waals surface area (Å²) in [5, 5.41) is 2.81. The Labute approximate surface area is 169 Å². The van der Waals surface area contributed by atoms with Crippen molar-refractivity contribution in [2.45, 2.75) is 44.3 Å². The minimum atomic E-state index is -4.55. The predicted molar refractivity (Wildman–Crippen MR) is 100 cm³/mol. The number of piperidine rings is 1. The largest absolute Gasteiger partial charge is 0.418 e. The van der Waals surface area contributed by atoms with E-state index in [2.05, 4.69) is 15.3 Å². The molecule has 162 valence electrons. The number of hydrogen-bond donors (Lipinski definition) is 1. The van der Waals surface area contributed by atoms with Crippen molar-refractivity contribution in [3.63, 3.8) is 0 Å². The van der Waals surface area contributed by atoms with Gasteiger partial charge in [-0.25, -0.2) is 8.78 Å². The first-order valence-corrected chi connectivity index (χ1v) is 9.77. The van der Waals surface area contributed by atoms with Crippen molar-refractivity contribution in [3.8, 4) is 0 Å². The number of amides is 1. The highest BCUT2D eigenvalue weighted by Gasteiger charge is 2.57. The quantitative estimate of drug-likeness (QED) is 0.748. The third kappa shape index (κ3) is 4.17. The molecule has 0 spiro atoms. The van der Waals surface area contributed by atoms with Gasteiger partial charge in [-0.1, -0.05) is 6.92 Å². The molecule has 30 heavy (non-hydrogen) atoms. The molecule has 2 aliphatic rings. The Bertz CT molecular complexity index is 964. The minimum absolute atomic E-state index is 0.139. The second kappa shape index (κ2) is 7.31. The van der Waals surface area contributed by atoms with E-state index in [1.807, 2.05) is 11.8 Å². The molecule has 3 atom stereocenters. The van der Waals surface area contributed by atoms with Crippen LogP contribution in [0, 0.1) is 11.8 Å². The van der Waals surface area contributed by atoms with Crippen molar-refractivity contribution in [1.29, 1.82) is 0 Å². The van der Waals surface area contributed by atoms with Crippen molar-refractivity contribution < 1.29 is 26.7 Å². The molecule has 1 aliphatic carbocycles. The lowest BCUT2D eigenvalue weighted by Gasteiger charge is -2.38. The van der Waals surface area contributed by atoms with Crippen molar-refractivity contribution >= 4 is 22.6 Å². The van der Waals surface area contributed by atoms with E-state index in [4.69, 9.17) is 0 Å². The number of nitrogens with one attached hydrogen (secondary N) is 1. The first kappa shape index (κ1) is 20.7. The summed E-state index contributed by atoms with van der Waals surface area (Å²) < 4.78 is 66.2. The molecule has 1 aliphatic heterocycles. The van der Waals surface area contributed by atoms with Crippen LogP contribution in [0.15, 0.2) is 24.5 Å². The molecule has 0 radical (unpaired) electrons. The number of carbonyl (C=O) groups is 1. The highest BCUT2D eigenvalue weighted by Crippen LogP contribution is 2.50. The van der Waals surface area contributed by atoms with Gasteiger partial charge in [0.05, 0.1) is 11.3 Å². The van der Waals surface area contributed by atoms with E-state index in [0.717, 1.165) is 6.07 Å². The summed E-state index contributed by atoms with van der Waals surface area (Å²) in [4.78, 5) is 22.1. The molecule has 2 fully saturated rings. The molecule has 1 aromatic heterocycles. The number of halogens is 5. The summed E-state index contributed by atoms with van der Waals surface area (Å²) in [6.45, 7) is 2.90. The van der Waals surface area contributed by atoms with Gasteiger partial charge in [-0.3, -0.25) is 14.8 Å². The molecule has 1 saturated heterocycles. The molecule has 1 saturated carbocycles. The minimum Gasteiger partial charge on any atom is -0.367 e. The van der Waals surface area contributed by atoms with Gasteiger partial charge in [-0.05, 0) is 24.5 Å². The maximum absolute atomic E-state index is 13.3. The lowest BCUT2D eigenvalue weighted by molar-refractivity contribution is -0.136. The standard InChI is InChI=1S/C20H21F5N4O/c1-11-6-13(28-16(30)7-12-8-19(12,21)22)10-29(9-11)15-3-2-14(20(23,24)25)17-18(15)27-5-4-26-17/h2-5,11-13H,6-10H2,1H3,(H,28,30)/t11-,12?,13?/m0/s1. The van der Waals surface area contributed by atoms with Crippen LogP contribution < -0.4 is 10.2 Å². The topological polar surface area (TPSA) is 58.1 Å². The van der Waals surface area contributed by atoms with E-state index in [-0.39, 0.29) is 35.8 Å². The molecular weight excluding hydrogens is 407 g/mol. The van der Waals surface area contributed by atoms with Crippen LogP contribution in [0.5, 0.6) is 0 Å². The Morgan fingerprint density at radius 3 is 2.50 bits per heavy atom. The van der Waals surface area contributed by atoms with Gasteiger partial charge >= 0.3 is 6.18 Å². The van der Waals surface area contributed by atoms with Crippen LogP contribution in [0.2, 0.25) is 0 Å². The fraction of sp³-hybridized carbons (Fsp3) is 0.550. The number of benzene rings is 1. The monoisotopic (exact) mass is 428 g/mol. The van der Waals surface area contributed by atoms with Gasteiger partial charge in [0, 0.05) is 50.3 Å². The number of alkyl halides is 5. The summed E-state index contributed by atoms with van der Waals surface area (Å²) in [7, 11) is 0. The third-order valence-corrected chi connectivity index (χ3v) is 5.66. The summed E-state index contributed by atoms with van der Waals surface area (Å²) in [5.41, 5.74) is -0.429. The zero-order valence-electron chi connectivity index (χ0n) is 16.2. The Hall–Kier alpha value is -2.52. The van der Waals surface area contributed by atoms with Gasteiger partial charge in [0.1, 0.15) is 11.0 Å². The molecule has 4 rings (SSSR count). The van der Waals surface area contributed by atoms with E-state index in [1.165, 1.54) is 18.5 Å². The SMILES string of the molecule is C[C@H]1CC(NC(=O)CC2CC2(F)F)CN(c2ccc(C(F)(F)F)c3nccnc23)C1. The lowest BCUT2D eigenvalue weighted by Crippen LogP contribution is -2.50. The number of hydrogen-bond acceptors (Lipinski definition) is 4. The van der Waals surface area contributed by atoms with E-state index in [1.54, 1.807) is 0 Å². The molecule has 2 unspecified atom stereocenters. The highest BCUT2D eigenvalue weighted by molar-refractivity contribution is 5.91. The average Bonchev–Trinajstić information content (AvgIpc) is 3.24. The van der Waals surface area contributed by atoms with Gasteiger partial charge in [0.2, 0.25) is 5.91 Å². The Morgan fingerprint density at radius 1 is 1.20 bits per heavy atom. The predicted octanol–water partition coefficient (Wildman–Crippen LogP) is 4.02. The second-order valence-corrected chi connectivity index (χ2v) is 8.26. The van der Waals surface area contributed by atoms with Gasteiger partial charge < -0.3 is 10.2 Å². The Morgan fingerprint density at radius 2 is 1.87 bits per heavy atom. The van der Waals surface area contributed by atoms with E-state index >= 15 is 0 Å². The molecule has 5 nitrogen and oxygen atoms in total. The summed E-state index contributed by atoms with van der Waals surface area (Å²) in [6.07, 6.45) is -1.81. The van der Waals surface area contributed by atoms with Gasteiger partial charge in [0.15, 0.2) is 0 Å². The lowest BCUT2D eigenvalue weighted by atomic mass is 9.94. The first-order chi connectivity index (χ1) is 14.0. The number of carbonyl (C=O) groups excluding carboxylic acids is 1. The van der Waals surface area contributed by atoms with Gasteiger partial charge in [0.25, 0.3) is 5.92 Å². The van der Waals surface area contributed by atoms with Crippen molar-refractivity contribution in [2.24, 2.45) is 11.8 Å². The zero-order valence-corrected chi connectivity index (χ0v) is 16.2. The average molecular weight is 428 g/mol. The molecule has 2 heterocycles. The Kier molecular flexibility index (Phi) is 5.06. The molecular formula is C20H21F5N4O. The maximum atomic E-state index is 13.3. The number of anilines is 1. The third-order valence-electron chi connectivity index (χ3n) is 5.66. The van der Waals surface area contributed by atoms with Gasteiger partial charge in [-0.2, -0.15) is 13.2 Å². The summed E-state index contributed by atoms with van der Waals surface area (Å²) in [5.74, 6) is -3.93. The van der Waals surface area contributed by atoms with Crippen molar-refractivity contribution in [3.05, 3.63) is 30.1 Å². The van der Waals surface area contributed by atoms with Crippen LogP contribution in [0.4, 0.5) is 27.6 Å². The maximum Gasteiger partial charge on any atom is 0.418 e. The molecule has 1 N–H and O–H groups in total. The fourth-order valence-electron chi connectivity index (χ4n) is 4.18. The summed E-state index contributed by atoms with van der Waals surface area (Å²) in [6, 6.07) is 2.08. The van der Waals surface area contributed by atoms with Crippen LogP contribution in [0.3, 0.4) is 0 Å². The van der Waals surface area contributed by atoms with Gasteiger partial charge in [-0.15, -0.1) is 0 Å². The van der Waals surface area contributed by atoms with Crippen LogP contribution in [-0.4, -0.2) is 40.9 Å². The molecule has 10 heteroatoms.